The van der Waals surface area contributed by atoms with Crippen LogP contribution in [0.2, 0.25) is 0 Å². The summed E-state index contributed by atoms with van der Waals surface area (Å²) < 4.78 is 0. The number of para-hydroxylation sites is 1. The van der Waals surface area contributed by atoms with Gasteiger partial charge >= 0.3 is 5.97 Å². The Balaban J connectivity index is 1.88. The number of H-pyrrole nitrogens is 1. The molecule has 1 aliphatic rings. The van der Waals surface area contributed by atoms with Gasteiger partial charge < -0.3 is 15.0 Å². The number of nitrogens with zero attached hydrogens (tertiary/aromatic N) is 1. The number of carbonyl (C=O) groups is 2. The van der Waals surface area contributed by atoms with E-state index in [9.17, 15) is 9.59 Å². The Labute approximate surface area is 116 Å². The van der Waals surface area contributed by atoms with Gasteiger partial charge in [0.1, 0.15) is 0 Å². The van der Waals surface area contributed by atoms with Crippen molar-refractivity contribution in [1.29, 1.82) is 0 Å². The zero-order chi connectivity index (χ0) is 14.3. The van der Waals surface area contributed by atoms with Gasteiger partial charge in [0, 0.05) is 36.1 Å². The third-order valence-corrected chi connectivity index (χ3v) is 3.94. The number of rotatable bonds is 3. The fourth-order valence-electron chi connectivity index (χ4n) is 2.82. The molecule has 1 amide bonds. The van der Waals surface area contributed by atoms with Crippen molar-refractivity contribution in [2.75, 3.05) is 6.54 Å². The number of aryl methyl sites for hydroxylation is 1. The molecule has 0 aliphatic carbocycles. The highest BCUT2D eigenvalue weighted by Crippen LogP contribution is 2.26. The van der Waals surface area contributed by atoms with Crippen molar-refractivity contribution >= 4 is 22.8 Å². The second-order valence-corrected chi connectivity index (χ2v) is 5.29. The van der Waals surface area contributed by atoms with Crippen LogP contribution in [-0.2, 0) is 16.1 Å². The molecule has 1 atom stereocenters. The summed E-state index contributed by atoms with van der Waals surface area (Å²) in [7, 11) is 0. The van der Waals surface area contributed by atoms with Crippen LogP contribution in [0.4, 0.5) is 0 Å². The first-order chi connectivity index (χ1) is 9.56. The highest BCUT2D eigenvalue weighted by molar-refractivity contribution is 5.88. The monoisotopic (exact) mass is 272 g/mol. The summed E-state index contributed by atoms with van der Waals surface area (Å²) in [6.07, 6.45) is 0.108. The van der Waals surface area contributed by atoms with Crippen molar-refractivity contribution < 1.29 is 14.7 Å². The molecule has 0 bridgehead atoms. The minimum atomic E-state index is -0.892. The minimum Gasteiger partial charge on any atom is -0.481 e. The van der Waals surface area contributed by atoms with Crippen LogP contribution in [0.1, 0.15) is 17.7 Å². The number of likely N-dealkylation sites (tertiary alicyclic amines) is 1. The van der Waals surface area contributed by atoms with E-state index in [0.717, 1.165) is 22.2 Å². The number of hydrogen-bond acceptors (Lipinski definition) is 2. The number of carboxylic acid groups (broad SMARTS) is 1. The lowest BCUT2D eigenvalue weighted by Gasteiger charge is -2.16. The number of aliphatic carboxylic acids is 1. The normalized spacial score (nSPS) is 18.9. The maximum absolute atomic E-state index is 11.9. The summed E-state index contributed by atoms with van der Waals surface area (Å²) in [4.78, 5) is 27.8. The molecular weight excluding hydrogens is 256 g/mol. The van der Waals surface area contributed by atoms with Crippen molar-refractivity contribution in [3.05, 3.63) is 35.5 Å². The molecule has 0 saturated carbocycles. The Hall–Kier alpha value is -2.30. The van der Waals surface area contributed by atoms with E-state index in [0.29, 0.717) is 13.1 Å². The molecule has 2 N–H and O–H groups in total. The predicted molar refractivity (Wildman–Crippen MR) is 74.2 cm³/mol. The average molecular weight is 272 g/mol. The first-order valence-electron chi connectivity index (χ1n) is 6.63. The van der Waals surface area contributed by atoms with Gasteiger partial charge in [0.05, 0.1) is 5.92 Å². The number of carbonyl (C=O) groups excluding carboxylic acids is 1. The standard InChI is InChI=1S/C15H16N2O3/c1-9-12(11-4-2-3-5-13(11)16-9)8-17-7-10(15(19)20)6-14(17)18/h2-5,10,16H,6-8H2,1H3,(H,19,20). The van der Waals surface area contributed by atoms with Crippen LogP contribution < -0.4 is 0 Å². The van der Waals surface area contributed by atoms with Crippen LogP contribution in [0.15, 0.2) is 24.3 Å². The molecule has 2 heterocycles. The SMILES string of the molecule is Cc1[nH]c2ccccc2c1CN1CC(C(=O)O)CC1=O. The summed E-state index contributed by atoms with van der Waals surface area (Å²) in [6.45, 7) is 2.75. The van der Waals surface area contributed by atoms with Gasteiger partial charge in [-0.05, 0) is 18.6 Å². The first-order valence-corrected chi connectivity index (χ1v) is 6.63. The smallest absolute Gasteiger partial charge is 0.308 e. The Morgan fingerprint density at radius 2 is 2.20 bits per heavy atom. The molecule has 0 radical (unpaired) electrons. The molecule has 2 aromatic rings. The van der Waals surface area contributed by atoms with Crippen LogP contribution in [0, 0.1) is 12.8 Å². The van der Waals surface area contributed by atoms with Crippen molar-refractivity contribution in [2.45, 2.75) is 19.9 Å². The highest BCUT2D eigenvalue weighted by Gasteiger charge is 2.34. The van der Waals surface area contributed by atoms with Gasteiger partial charge in [-0.25, -0.2) is 0 Å². The molecule has 1 fully saturated rings. The van der Waals surface area contributed by atoms with Gasteiger partial charge in [-0.2, -0.15) is 0 Å². The lowest BCUT2D eigenvalue weighted by molar-refractivity contribution is -0.141. The molecule has 0 spiro atoms. The third-order valence-electron chi connectivity index (χ3n) is 3.94. The van der Waals surface area contributed by atoms with Gasteiger partial charge in [-0.15, -0.1) is 0 Å². The number of carboxylic acids is 1. The summed E-state index contributed by atoms with van der Waals surface area (Å²) >= 11 is 0. The summed E-state index contributed by atoms with van der Waals surface area (Å²) in [5.41, 5.74) is 3.14. The van der Waals surface area contributed by atoms with Crippen LogP contribution in [0.3, 0.4) is 0 Å². The number of benzene rings is 1. The molecule has 104 valence electrons. The number of nitrogens with one attached hydrogen (secondary N) is 1. The molecule has 1 aliphatic heterocycles. The van der Waals surface area contributed by atoms with Gasteiger partial charge in [0.25, 0.3) is 0 Å². The van der Waals surface area contributed by atoms with Crippen LogP contribution in [-0.4, -0.2) is 33.4 Å². The van der Waals surface area contributed by atoms with Crippen LogP contribution >= 0.6 is 0 Å². The Morgan fingerprint density at radius 1 is 1.45 bits per heavy atom. The molecule has 20 heavy (non-hydrogen) atoms. The number of aromatic amines is 1. The van der Waals surface area contributed by atoms with E-state index in [2.05, 4.69) is 4.98 Å². The lowest BCUT2D eigenvalue weighted by Crippen LogP contribution is -2.26. The van der Waals surface area contributed by atoms with E-state index >= 15 is 0 Å². The second-order valence-electron chi connectivity index (χ2n) is 5.29. The quantitative estimate of drug-likeness (QED) is 0.896. The molecule has 5 heteroatoms. The van der Waals surface area contributed by atoms with Gasteiger partial charge in [0.2, 0.25) is 5.91 Å². The fourth-order valence-corrected chi connectivity index (χ4v) is 2.82. The van der Waals surface area contributed by atoms with E-state index in [1.165, 1.54) is 0 Å². The average Bonchev–Trinajstić information content (AvgIpc) is 2.92. The molecule has 1 unspecified atom stereocenters. The number of amides is 1. The fraction of sp³-hybridized carbons (Fsp3) is 0.333. The zero-order valence-electron chi connectivity index (χ0n) is 11.2. The summed E-state index contributed by atoms with van der Waals surface area (Å²) in [6, 6.07) is 7.94. The van der Waals surface area contributed by atoms with Crippen LogP contribution in [0.5, 0.6) is 0 Å². The van der Waals surface area contributed by atoms with E-state index in [-0.39, 0.29) is 12.3 Å². The molecule has 1 aromatic heterocycles. The van der Waals surface area contributed by atoms with E-state index in [1.807, 2.05) is 31.2 Å². The van der Waals surface area contributed by atoms with Crippen molar-refractivity contribution in [2.24, 2.45) is 5.92 Å². The predicted octanol–water partition coefficient (Wildman–Crippen LogP) is 1.91. The van der Waals surface area contributed by atoms with Crippen molar-refractivity contribution in [3.63, 3.8) is 0 Å². The van der Waals surface area contributed by atoms with E-state index in [4.69, 9.17) is 5.11 Å². The molecule has 5 nitrogen and oxygen atoms in total. The molecule has 3 rings (SSSR count). The number of aromatic nitrogens is 1. The Bertz CT molecular complexity index is 689. The topological polar surface area (TPSA) is 73.4 Å². The highest BCUT2D eigenvalue weighted by atomic mass is 16.4. The van der Waals surface area contributed by atoms with Gasteiger partial charge in [0.15, 0.2) is 0 Å². The van der Waals surface area contributed by atoms with E-state index < -0.39 is 11.9 Å². The van der Waals surface area contributed by atoms with Crippen molar-refractivity contribution in [3.8, 4) is 0 Å². The summed E-state index contributed by atoms with van der Waals surface area (Å²) in [5, 5.41) is 10.1. The Morgan fingerprint density at radius 3 is 2.90 bits per heavy atom. The maximum Gasteiger partial charge on any atom is 0.308 e. The van der Waals surface area contributed by atoms with Crippen molar-refractivity contribution in [1.82, 2.24) is 9.88 Å². The number of fused-ring (bicyclic) bond motifs is 1. The molecular formula is C15H16N2O3. The Kier molecular flexibility index (Phi) is 2.97. The molecule has 1 aromatic carbocycles. The summed E-state index contributed by atoms with van der Waals surface area (Å²) in [5.74, 6) is -1.55. The maximum atomic E-state index is 11.9. The van der Waals surface area contributed by atoms with E-state index in [1.54, 1.807) is 4.90 Å². The van der Waals surface area contributed by atoms with Gasteiger partial charge in [-0.3, -0.25) is 9.59 Å². The van der Waals surface area contributed by atoms with Gasteiger partial charge in [-0.1, -0.05) is 18.2 Å². The first kappa shape index (κ1) is 12.7. The molecule has 1 saturated heterocycles. The lowest BCUT2D eigenvalue weighted by atomic mass is 10.1. The minimum absolute atomic E-state index is 0.0814. The number of hydrogen-bond donors (Lipinski definition) is 2. The largest absolute Gasteiger partial charge is 0.481 e. The second kappa shape index (κ2) is 4.67. The van der Waals surface area contributed by atoms with Crippen LogP contribution in [0.25, 0.3) is 10.9 Å². The third kappa shape index (κ3) is 2.05. The zero-order valence-corrected chi connectivity index (χ0v) is 11.2.